The lowest BCUT2D eigenvalue weighted by Crippen LogP contribution is -2.43. The third-order valence-electron chi connectivity index (χ3n) is 7.70. The summed E-state index contributed by atoms with van der Waals surface area (Å²) in [4.78, 5) is 20.0. The van der Waals surface area contributed by atoms with Crippen molar-refractivity contribution in [2.45, 2.75) is 38.1 Å². The summed E-state index contributed by atoms with van der Waals surface area (Å²) in [5.41, 5.74) is 12.6. The molecule has 3 aromatic rings. The van der Waals surface area contributed by atoms with E-state index in [0.717, 1.165) is 36.0 Å². The Hall–Kier alpha value is -2.95. The maximum absolute atomic E-state index is 12.3. The van der Waals surface area contributed by atoms with E-state index in [-0.39, 0.29) is 12.1 Å². The minimum Gasteiger partial charge on any atom is -0.371 e. The van der Waals surface area contributed by atoms with Crippen molar-refractivity contribution in [1.29, 1.82) is 0 Å². The SMILES string of the molecule is NC(=O)N1CCc2cc(N3CCC4(CC3)CC4)ccc2C1c1c[nH]c2ccccc12. The number of fused-ring (bicyclic) bond motifs is 2. The molecule has 1 unspecified atom stereocenters. The zero-order valence-electron chi connectivity index (χ0n) is 17.2. The number of benzene rings is 2. The summed E-state index contributed by atoms with van der Waals surface area (Å²) in [7, 11) is 0. The molecule has 1 spiro atoms. The number of para-hydroxylation sites is 1. The number of H-pyrrole nitrogens is 1. The molecule has 0 bridgehead atoms. The molecular formula is C25H28N4O. The Morgan fingerprint density at radius 2 is 1.80 bits per heavy atom. The topological polar surface area (TPSA) is 65.4 Å². The average Bonchev–Trinajstić information content (AvgIpc) is 3.39. The van der Waals surface area contributed by atoms with Gasteiger partial charge < -0.3 is 20.5 Å². The van der Waals surface area contributed by atoms with Gasteiger partial charge in [0.15, 0.2) is 0 Å². The molecule has 3 N–H and O–H groups in total. The van der Waals surface area contributed by atoms with Gasteiger partial charge >= 0.3 is 6.03 Å². The minimum absolute atomic E-state index is 0.146. The van der Waals surface area contributed by atoms with E-state index in [9.17, 15) is 4.79 Å². The molecule has 1 saturated heterocycles. The van der Waals surface area contributed by atoms with Crippen LogP contribution in [0.2, 0.25) is 0 Å². The number of aromatic amines is 1. The number of aromatic nitrogens is 1. The molecule has 2 amide bonds. The summed E-state index contributed by atoms with van der Waals surface area (Å²) in [5.74, 6) is 0. The second-order valence-electron chi connectivity index (χ2n) is 9.34. The molecule has 5 nitrogen and oxygen atoms in total. The van der Waals surface area contributed by atoms with Gasteiger partial charge in [0.05, 0.1) is 6.04 Å². The summed E-state index contributed by atoms with van der Waals surface area (Å²) in [6.45, 7) is 2.98. The normalized spacial score (nSPS) is 22.3. The minimum atomic E-state index is -0.356. The van der Waals surface area contributed by atoms with Crippen molar-refractivity contribution in [2.24, 2.45) is 11.1 Å². The van der Waals surface area contributed by atoms with E-state index in [2.05, 4.69) is 40.2 Å². The molecule has 3 heterocycles. The molecule has 154 valence electrons. The molecule has 0 radical (unpaired) electrons. The van der Waals surface area contributed by atoms with E-state index in [4.69, 9.17) is 5.73 Å². The van der Waals surface area contributed by atoms with Crippen LogP contribution in [-0.4, -0.2) is 35.5 Å². The number of piperidine rings is 1. The van der Waals surface area contributed by atoms with Crippen molar-refractivity contribution in [2.75, 3.05) is 24.5 Å². The number of hydrogen-bond donors (Lipinski definition) is 2. The lowest BCUT2D eigenvalue weighted by molar-refractivity contribution is 0.190. The highest BCUT2D eigenvalue weighted by molar-refractivity contribution is 5.85. The Balaban J connectivity index is 1.38. The summed E-state index contributed by atoms with van der Waals surface area (Å²) < 4.78 is 0. The Morgan fingerprint density at radius 1 is 1.00 bits per heavy atom. The van der Waals surface area contributed by atoms with Gasteiger partial charge in [0, 0.05) is 48.0 Å². The van der Waals surface area contributed by atoms with Crippen LogP contribution >= 0.6 is 0 Å². The van der Waals surface area contributed by atoms with Crippen LogP contribution in [0.25, 0.3) is 10.9 Å². The molecule has 2 aromatic carbocycles. The first-order chi connectivity index (χ1) is 14.6. The number of nitrogens with two attached hydrogens (primary N) is 1. The third kappa shape index (κ3) is 2.79. The number of hydrogen-bond acceptors (Lipinski definition) is 2. The largest absolute Gasteiger partial charge is 0.371 e. The lowest BCUT2D eigenvalue weighted by atomic mass is 9.87. The third-order valence-corrected chi connectivity index (χ3v) is 7.70. The van der Waals surface area contributed by atoms with Crippen LogP contribution in [0.3, 0.4) is 0 Å². The van der Waals surface area contributed by atoms with Gasteiger partial charge in [-0.3, -0.25) is 0 Å². The highest BCUT2D eigenvalue weighted by Crippen LogP contribution is 2.54. The number of urea groups is 1. The van der Waals surface area contributed by atoms with Gasteiger partial charge in [-0.1, -0.05) is 24.3 Å². The van der Waals surface area contributed by atoms with Crippen molar-refractivity contribution in [3.63, 3.8) is 0 Å². The van der Waals surface area contributed by atoms with Gasteiger partial charge in [-0.15, -0.1) is 0 Å². The zero-order chi connectivity index (χ0) is 20.3. The van der Waals surface area contributed by atoms with E-state index < -0.39 is 0 Å². The standard InChI is InChI=1S/C25H28N4O/c26-24(30)29-12-7-17-15-18(28-13-10-25(8-9-25)11-14-28)5-6-19(17)23(29)21-16-27-22-4-2-1-3-20(21)22/h1-6,15-16,23,27H,7-14H2,(H2,26,30). The van der Waals surface area contributed by atoms with Crippen LogP contribution in [0.4, 0.5) is 10.5 Å². The van der Waals surface area contributed by atoms with Gasteiger partial charge in [-0.2, -0.15) is 0 Å². The average molecular weight is 401 g/mol. The smallest absolute Gasteiger partial charge is 0.315 e. The zero-order valence-corrected chi connectivity index (χ0v) is 17.2. The number of nitrogens with one attached hydrogen (secondary N) is 1. The van der Waals surface area contributed by atoms with Crippen LogP contribution in [0, 0.1) is 5.41 Å². The first-order valence-electron chi connectivity index (χ1n) is 11.1. The van der Waals surface area contributed by atoms with E-state index in [1.807, 2.05) is 23.2 Å². The highest BCUT2D eigenvalue weighted by Gasteiger charge is 2.44. The van der Waals surface area contributed by atoms with Gasteiger partial charge in [0.25, 0.3) is 0 Å². The van der Waals surface area contributed by atoms with Crippen LogP contribution in [-0.2, 0) is 6.42 Å². The number of amides is 2. The molecule has 1 aromatic heterocycles. The van der Waals surface area contributed by atoms with E-state index >= 15 is 0 Å². The van der Waals surface area contributed by atoms with Crippen molar-refractivity contribution in [3.05, 3.63) is 65.4 Å². The van der Waals surface area contributed by atoms with Crippen molar-refractivity contribution in [3.8, 4) is 0 Å². The van der Waals surface area contributed by atoms with Crippen molar-refractivity contribution in [1.82, 2.24) is 9.88 Å². The van der Waals surface area contributed by atoms with E-state index in [0.29, 0.717) is 12.0 Å². The fraction of sp³-hybridized carbons (Fsp3) is 0.400. The summed E-state index contributed by atoms with van der Waals surface area (Å²) in [6, 6.07) is 14.6. The second-order valence-corrected chi connectivity index (χ2v) is 9.34. The molecule has 6 rings (SSSR count). The first kappa shape index (κ1) is 17.9. The van der Waals surface area contributed by atoms with E-state index in [1.54, 1.807) is 0 Å². The van der Waals surface area contributed by atoms with Crippen LogP contribution in [0.5, 0.6) is 0 Å². The Labute approximate surface area is 176 Å². The maximum Gasteiger partial charge on any atom is 0.315 e. The molecular weight excluding hydrogens is 372 g/mol. The molecule has 3 aliphatic rings. The van der Waals surface area contributed by atoms with Crippen LogP contribution < -0.4 is 10.6 Å². The fourth-order valence-electron chi connectivity index (χ4n) is 5.62. The summed E-state index contributed by atoms with van der Waals surface area (Å²) in [5, 5.41) is 1.15. The Bertz CT molecular complexity index is 1120. The monoisotopic (exact) mass is 400 g/mol. The van der Waals surface area contributed by atoms with Gasteiger partial charge in [-0.05, 0) is 66.8 Å². The predicted molar refractivity (Wildman–Crippen MR) is 120 cm³/mol. The van der Waals surface area contributed by atoms with Gasteiger partial charge in [-0.25, -0.2) is 4.79 Å². The van der Waals surface area contributed by atoms with Crippen molar-refractivity contribution >= 4 is 22.6 Å². The molecule has 5 heteroatoms. The highest BCUT2D eigenvalue weighted by atomic mass is 16.2. The molecule has 30 heavy (non-hydrogen) atoms. The first-order valence-corrected chi connectivity index (χ1v) is 11.1. The number of carbonyl (C=O) groups excluding carboxylic acids is 1. The molecule has 1 saturated carbocycles. The van der Waals surface area contributed by atoms with Crippen LogP contribution in [0.15, 0.2) is 48.7 Å². The molecule has 2 fully saturated rings. The summed E-state index contributed by atoms with van der Waals surface area (Å²) >= 11 is 0. The number of primary amides is 1. The van der Waals surface area contributed by atoms with Crippen LogP contribution in [0.1, 0.15) is 48.4 Å². The molecule has 1 aliphatic carbocycles. The van der Waals surface area contributed by atoms with E-state index in [1.165, 1.54) is 42.5 Å². The quantitative estimate of drug-likeness (QED) is 0.662. The Kier molecular flexibility index (Phi) is 3.89. The molecule has 2 aliphatic heterocycles. The lowest BCUT2D eigenvalue weighted by Gasteiger charge is -2.38. The number of rotatable bonds is 2. The fourth-order valence-corrected chi connectivity index (χ4v) is 5.62. The molecule has 1 atom stereocenters. The van der Waals surface area contributed by atoms with Crippen molar-refractivity contribution < 1.29 is 4.79 Å². The predicted octanol–water partition coefficient (Wildman–Crippen LogP) is 4.57. The van der Waals surface area contributed by atoms with Gasteiger partial charge in [0.2, 0.25) is 0 Å². The summed E-state index contributed by atoms with van der Waals surface area (Å²) in [6.07, 6.45) is 8.41. The number of carbonyl (C=O) groups is 1. The maximum atomic E-state index is 12.3. The second kappa shape index (κ2) is 6.53. The number of nitrogens with zero attached hydrogens (tertiary/aromatic N) is 2. The van der Waals surface area contributed by atoms with Gasteiger partial charge in [0.1, 0.15) is 0 Å². The number of anilines is 1. The Morgan fingerprint density at radius 3 is 2.57 bits per heavy atom.